The van der Waals surface area contributed by atoms with E-state index in [9.17, 15) is 26.7 Å². The standard InChI is InChI=1S/C15H11F5N2O/c16-11-5-1-4-10(13(11)17)14(15(18,19)20)22-12(23)7-9-3-2-6-21-8-9/h1-6,8,14H,7H2,(H,22,23)/t14-/m0/s1. The zero-order chi connectivity index (χ0) is 17.0. The maximum absolute atomic E-state index is 13.6. The Morgan fingerprint density at radius 1 is 1.17 bits per heavy atom. The van der Waals surface area contributed by atoms with Gasteiger partial charge in [0.2, 0.25) is 5.91 Å². The molecule has 8 heteroatoms. The number of nitrogens with zero attached hydrogens (tertiary/aromatic N) is 1. The number of halogens is 5. The van der Waals surface area contributed by atoms with Gasteiger partial charge in [-0.1, -0.05) is 18.2 Å². The number of alkyl halides is 3. The van der Waals surface area contributed by atoms with E-state index in [0.717, 1.165) is 12.1 Å². The van der Waals surface area contributed by atoms with Crippen molar-refractivity contribution in [1.29, 1.82) is 0 Å². The highest BCUT2D eigenvalue weighted by atomic mass is 19.4. The van der Waals surface area contributed by atoms with Crippen molar-refractivity contribution in [2.45, 2.75) is 18.6 Å². The molecule has 2 aromatic rings. The molecule has 1 aromatic carbocycles. The number of hydrogen-bond donors (Lipinski definition) is 1. The lowest BCUT2D eigenvalue weighted by Crippen LogP contribution is -2.39. The average molecular weight is 330 g/mol. The van der Waals surface area contributed by atoms with Gasteiger partial charge >= 0.3 is 6.18 Å². The number of nitrogens with one attached hydrogen (secondary N) is 1. The number of amides is 1. The van der Waals surface area contributed by atoms with Crippen LogP contribution < -0.4 is 5.32 Å². The van der Waals surface area contributed by atoms with Gasteiger partial charge in [0, 0.05) is 18.0 Å². The number of pyridine rings is 1. The normalized spacial score (nSPS) is 12.7. The minimum absolute atomic E-state index is 0.364. The smallest absolute Gasteiger partial charge is 0.340 e. The molecule has 0 aliphatic carbocycles. The molecule has 0 bridgehead atoms. The second-order valence-corrected chi connectivity index (χ2v) is 4.72. The van der Waals surface area contributed by atoms with E-state index in [0.29, 0.717) is 11.6 Å². The second kappa shape index (κ2) is 6.72. The van der Waals surface area contributed by atoms with Crippen molar-refractivity contribution < 1.29 is 26.7 Å². The minimum Gasteiger partial charge on any atom is -0.340 e. The average Bonchev–Trinajstić information content (AvgIpc) is 2.48. The van der Waals surface area contributed by atoms with E-state index in [4.69, 9.17) is 0 Å². The van der Waals surface area contributed by atoms with E-state index in [1.165, 1.54) is 24.5 Å². The first-order valence-electron chi connectivity index (χ1n) is 6.48. The summed E-state index contributed by atoms with van der Waals surface area (Å²) in [4.78, 5) is 15.5. The zero-order valence-electron chi connectivity index (χ0n) is 11.6. The minimum atomic E-state index is -4.97. The Kier molecular flexibility index (Phi) is 4.92. The predicted molar refractivity (Wildman–Crippen MR) is 71.2 cm³/mol. The summed E-state index contributed by atoms with van der Waals surface area (Å²) >= 11 is 0. The third kappa shape index (κ3) is 4.24. The van der Waals surface area contributed by atoms with Crippen molar-refractivity contribution in [2.24, 2.45) is 0 Å². The molecule has 0 unspecified atom stereocenters. The van der Waals surface area contributed by atoms with Gasteiger partial charge in [-0.05, 0) is 17.7 Å². The number of hydrogen-bond acceptors (Lipinski definition) is 2. The highest BCUT2D eigenvalue weighted by Crippen LogP contribution is 2.34. The molecule has 1 aromatic heterocycles. The summed E-state index contributed by atoms with van der Waals surface area (Å²) in [5.74, 6) is -4.04. The lowest BCUT2D eigenvalue weighted by atomic mass is 10.0. The largest absolute Gasteiger partial charge is 0.412 e. The van der Waals surface area contributed by atoms with Crippen LogP contribution in [0.4, 0.5) is 22.0 Å². The van der Waals surface area contributed by atoms with Gasteiger partial charge < -0.3 is 5.32 Å². The van der Waals surface area contributed by atoms with Crippen LogP contribution in [0, 0.1) is 11.6 Å². The van der Waals surface area contributed by atoms with Crippen molar-refractivity contribution in [3.63, 3.8) is 0 Å². The summed E-state index contributed by atoms with van der Waals surface area (Å²) in [6.07, 6.45) is -2.57. The van der Waals surface area contributed by atoms with E-state index < -0.39 is 35.3 Å². The molecule has 0 fully saturated rings. The maximum Gasteiger partial charge on any atom is 0.412 e. The van der Waals surface area contributed by atoms with Crippen LogP contribution in [0.25, 0.3) is 0 Å². The van der Waals surface area contributed by atoms with Gasteiger partial charge in [0.05, 0.1) is 6.42 Å². The summed E-state index contributed by atoms with van der Waals surface area (Å²) in [7, 11) is 0. The lowest BCUT2D eigenvalue weighted by molar-refractivity contribution is -0.163. The quantitative estimate of drug-likeness (QED) is 0.874. The Morgan fingerprint density at radius 3 is 2.52 bits per heavy atom. The van der Waals surface area contributed by atoms with E-state index in [-0.39, 0.29) is 6.42 Å². The molecule has 122 valence electrons. The molecule has 1 atom stereocenters. The van der Waals surface area contributed by atoms with Crippen molar-refractivity contribution >= 4 is 5.91 Å². The topological polar surface area (TPSA) is 42.0 Å². The first-order chi connectivity index (χ1) is 10.8. The predicted octanol–water partition coefficient (Wildman–Crippen LogP) is 3.32. The van der Waals surface area contributed by atoms with Gasteiger partial charge in [0.25, 0.3) is 0 Å². The Labute approximate surface area is 128 Å². The summed E-state index contributed by atoms with van der Waals surface area (Å²) < 4.78 is 66.1. The monoisotopic (exact) mass is 330 g/mol. The van der Waals surface area contributed by atoms with Gasteiger partial charge in [-0.25, -0.2) is 8.78 Å². The molecule has 1 N–H and O–H groups in total. The molecule has 23 heavy (non-hydrogen) atoms. The number of aromatic nitrogens is 1. The highest BCUT2D eigenvalue weighted by molar-refractivity contribution is 5.79. The van der Waals surface area contributed by atoms with E-state index in [1.54, 1.807) is 5.32 Å². The molecular weight excluding hydrogens is 319 g/mol. The number of carbonyl (C=O) groups is 1. The van der Waals surface area contributed by atoms with E-state index >= 15 is 0 Å². The van der Waals surface area contributed by atoms with Crippen LogP contribution in [0.2, 0.25) is 0 Å². The molecule has 2 rings (SSSR count). The van der Waals surface area contributed by atoms with Gasteiger partial charge in [0.15, 0.2) is 17.7 Å². The van der Waals surface area contributed by atoms with Crippen LogP contribution >= 0.6 is 0 Å². The Bertz CT molecular complexity index is 688. The number of rotatable bonds is 4. The fourth-order valence-electron chi connectivity index (χ4n) is 1.98. The van der Waals surface area contributed by atoms with Crippen LogP contribution in [-0.2, 0) is 11.2 Å². The maximum atomic E-state index is 13.6. The van der Waals surface area contributed by atoms with Gasteiger partial charge in [-0.2, -0.15) is 13.2 Å². The third-order valence-electron chi connectivity index (χ3n) is 3.01. The Hall–Kier alpha value is -2.51. The second-order valence-electron chi connectivity index (χ2n) is 4.72. The van der Waals surface area contributed by atoms with Crippen LogP contribution in [-0.4, -0.2) is 17.1 Å². The fraction of sp³-hybridized carbons (Fsp3) is 0.200. The summed E-state index contributed by atoms with van der Waals surface area (Å²) in [5, 5.41) is 1.69. The van der Waals surface area contributed by atoms with Crippen LogP contribution in [0.5, 0.6) is 0 Å². The molecule has 0 saturated carbocycles. The van der Waals surface area contributed by atoms with Gasteiger partial charge in [-0.3, -0.25) is 9.78 Å². The summed E-state index contributed by atoms with van der Waals surface area (Å²) in [6, 6.07) is 2.82. The van der Waals surface area contributed by atoms with Crippen molar-refractivity contribution in [2.75, 3.05) is 0 Å². The summed E-state index contributed by atoms with van der Waals surface area (Å²) in [6.45, 7) is 0. The first-order valence-corrected chi connectivity index (χ1v) is 6.48. The molecule has 3 nitrogen and oxygen atoms in total. The molecule has 0 saturated heterocycles. The SMILES string of the molecule is O=C(Cc1cccnc1)N[C@@H](c1cccc(F)c1F)C(F)(F)F. The molecule has 0 spiro atoms. The fourth-order valence-corrected chi connectivity index (χ4v) is 1.98. The summed E-state index contributed by atoms with van der Waals surface area (Å²) in [5.41, 5.74) is -0.581. The molecular formula is C15H11F5N2O. The van der Waals surface area contributed by atoms with Crippen LogP contribution in [0.1, 0.15) is 17.2 Å². The van der Waals surface area contributed by atoms with Crippen molar-refractivity contribution in [3.05, 3.63) is 65.5 Å². The Morgan fingerprint density at radius 2 is 1.91 bits per heavy atom. The number of benzene rings is 1. The zero-order valence-corrected chi connectivity index (χ0v) is 11.6. The van der Waals surface area contributed by atoms with Gasteiger partial charge in [-0.15, -0.1) is 0 Å². The Balaban J connectivity index is 2.23. The molecule has 0 aliphatic heterocycles. The molecule has 1 amide bonds. The lowest BCUT2D eigenvalue weighted by Gasteiger charge is -2.22. The van der Waals surface area contributed by atoms with Crippen molar-refractivity contribution in [3.8, 4) is 0 Å². The molecule has 1 heterocycles. The van der Waals surface area contributed by atoms with Crippen LogP contribution in [0.3, 0.4) is 0 Å². The van der Waals surface area contributed by atoms with E-state index in [1.807, 2.05) is 0 Å². The first kappa shape index (κ1) is 16.9. The highest BCUT2D eigenvalue weighted by Gasteiger charge is 2.43. The molecule has 0 radical (unpaired) electrons. The molecule has 0 aliphatic rings. The van der Waals surface area contributed by atoms with Crippen molar-refractivity contribution in [1.82, 2.24) is 10.3 Å². The number of carbonyl (C=O) groups excluding carboxylic acids is 1. The van der Waals surface area contributed by atoms with E-state index in [2.05, 4.69) is 4.98 Å². The van der Waals surface area contributed by atoms with Crippen LogP contribution in [0.15, 0.2) is 42.7 Å². The third-order valence-corrected chi connectivity index (χ3v) is 3.01. The van der Waals surface area contributed by atoms with Gasteiger partial charge in [0.1, 0.15) is 0 Å².